The number of fused-ring (bicyclic) bond motifs is 1. The summed E-state index contributed by atoms with van der Waals surface area (Å²) < 4.78 is 0. The van der Waals surface area contributed by atoms with Crippen LogP contribution in [0, 0.1) is 11.3 Å². The number of hydrogen-bond donors (Lipinski definition) is 1. The number of nitrogens with one attached hydrogen (secondary N) is 1. The van der Waals surface area contributed by atoms with Crippen LogP contribution in [0.4, 0.5) is 5.69 Å². The Bertz CT molecular complexity index is 594. The molecular weight excluding hydrogens is 210 g/mol. The van der Waals surface area contributed by atoms with Crippen LogP contribution in [-0.2, 0) is 6.42 Å². The van der Waals surface area contributed by atoms with Gasteiger partial charge in [-0.15, -0.1) is 0 Å². The SMILES string of the molecule is N#Cc1ccc(-c2cncc3c2CCN3)cc1. The molecule has 82 valence electrons. The lowest BCUT2D eigenvalue weighted by Gasteiger charge is -2.07. The minimum Gasteiger partial charge on any atom is -0.383 e. The Labute approximate surface area is 99.7 Å². The van der Waals surface area contributed by atoms with Crippen molar-refractivity contribution >= 4 is 5.69 Å². The topological polar surface area (TPSA) is 48.7 Å². The number of nitriles is 1. The maximum atomic E-state index is 8.78. The molecule has 0 saturated heterocycles. The molecule has 17 heavy (non-hydrogen) atoms. The summed E-state index contributed by atoms with van der Waals surface area (Å²) in [5, 5.41) is 12.1. The van der Waals surface area contributed by atoms with E-state index in [1.807, 2.05) is 36.7 Å². The fourth-order valence-corrected chi connectivity index (χ4v) is 2.20. The molecule has 0 atom stereocenters. The van der Waals surface area contributed by atoms with Gasteiger partial charge in [-0.05, 0) is 29.7 Å². The minimum absolute atomic E-state index is 0.687. The van der Waals surface area contributed by atoms with E-state index in [9.17, 15) is 0 Å². The molecule has 0 unspecified atom stereocenters. The van der Waals surface area contributed by atoms with Crippen LogP contribution >= 0.6 is 0 Å². The van der Waals surface area contributed by atoms with E-state index in [0.29, 0.717) is 5.56 Å². The van der Waals surface area contributed by atoms with Crippen LogP contribution in [0.2, 0.25) is 0 Å². The fraction of sp³-hybridized carbons (Fsp3) is 0.143. The molecule has 3 nitrogen and oxygen atoms in total. The largest absolute Gasteiger partial charge is 0.383 e. The number of rotatable bonds is 1. The summed E-state index contributed by atoms with van der Waals surface area (Å²) in [5.74, 6) is 0. The van der Waals surface area contributed by atoms with Gasteiger partial charge in [-0.25, -0.2) is 0 Å². The lowest BCUT2D eigenvalue weighted by Crippen LogP contribution is -1.90. The van der Waals surface area contributed by atoms with Crippen molar-refractivity contribution in [1.82, 2.24) is 4.98 Å². The number of anilines is 1. The van der Waals surface area contributed by atoms with Crippen LogP contribution in [0.1, 0.15) is 11.1 Å². The zero-order chi connectivity index (χ0) is 11.7. The van der Waals surface area contributed by atoms with Crippen LogP contribution in [0.5, 0.6) is 0 Å². The molecule has 0 amide bonds. The van der Waals surface area contributed by atoms with Gasteiger partial charge in [-0.1, -0.05) is 12.1 Å². The monoisotopic (exact) mass is 221 g/mol. The van der Waals surface area contributed by atoms with E-state index in [1.165, 1.54) is 5.56 Å². The zero-order valence-electron chi connectivity index (χ0n) is 9.27. The molecular formula is C14H11N3. The Balaban J connectivity index is 2.10. The molecule has 0 radical (unpaired) electrons. The van der Waals surface area contributed by atoms with E-state index >= 15 is 0 Å². The molecule has 2 heterocycles. The lowest BCUT2D eigenvalue weighted by atomic mass is 9.99. The van der Waals surface area contributed by atoms with Gasteiger partial charge >= 0.3 is 0 Å². The zero-order valence-corrected chi connectivity index (χ0v) is 9.27. The van der Waals surface area contributed by atoms with Crippen LogP contribution in [-0.4, -0.2) is 11.5 Å². The van der Waals surface area contributed by atoms with Crippen molar-refractivity contribution in [2.75, 3.05) is 11.9 Å². The first kappa shape index (κ1) is 9.86. The number of pyridine rings is 1. The Hall–Kier alpha value is -2.34. The van der Waals surface area contributed by atoms with Crippen LogP contribution < -0.4 is 5.32 Å². The van der Waals surface area contributed by atoms with Gasteiger partial charge in [0.15, 0.2) is 0 Å². The first-order valence-corrected chi connectivity index (χ1v) is 5.60. The standard InChI is InChI=1S/C14H11N3/c15-7-10-1-3-11(4-2-10)13-8-16-9-14-12(13)5-6-17-14/h1-4,8-9,17H,5-6H2. The number of benzene rings is 1. The maximum Gasteiger partial charge on any atom is 0.0991 e. The Morgan fingerprint density at radius 1 is 1.18 bits per heavy atom. The van der Waals surface area contributed by atoms with E-state index in [0.717, 1.165) is 29.8 Å². The van der Waals surface area contributed by atoms with Crippen molar-refractivity contribution in [2.24, 2.45) is 0 Å². The summed E-state index contributed by atoms with van der Waals surface area (Å²) >= 11 is 0. The number of hydrogen-bond acceptors (Lipinski definition) is 3. The van der Waals surface area contributed by atoms with Crippen LogP contribution in [0.25, 0.3) is 11.1 Å². The first-order chi connectivity index (χ1) is 8.38. The molecule has 0 saturated carbocycles. The highest BCUT2D eigenvalue weighted by Crippen LogP contribution is 2.31. The normalized spacial score (nSPS) is 12.6. The van der Waals surface area contributed by atoms with Gasteiger partial charge < -0.3 is 5.32 Å². The van der Waals surface area contributed by atoms with Gasteiger partial charge in [-0.3, -0.25) is 4.98 Å². The van der Waals surface area contributed by atoms with E-state index in [2.05, 4.69) is 16.4 Å². The fourth-order valence-electron chi connectivity index (χ4n) is 2.20. The van der Waals surface area contributed by atoms with Gasteiger partial charge in [0.05, 0.1) is 23.5 Å². The summed E-state index contributed by atoms with van der Waals surface area (Å²) in [7, 11) is 0. The third-order valence-electron chi connectivity index (χ3n) is 3.07. The molecule has 1 aliphatic rings. The summed E-state index contributed by atoms with van der Waals surface area (Å²) in [6.45, 7) is 0.976. The third kappa shape index (κ3) is 1.64. The van der Waals surface area contributed by atoms with Crippen molar-refractivity contribution in [3.05, 3.63) is 47.8 Å². The molecule has 3 heteroatoms. The highest BCUT2D eigenvalue weighted by Gasteiger charge is 2.15. The minimum atomic E-state index is 0.687. The summed E-state index contributed by atoms with van der Waals surface area (Å²) in [5.41, 5.74) is 5.43. The van der Waals surface area contributed by atoms with Gasteiger partial charge in [0.1, 0.15) is 0 Å². The summed E-state index contributed by atoms with van der Waals surface area (Å²) in [6, 6.07) is 9.78. The second kappa shape index (κ2) is 3.91. The highest BCUT2D eigenvalue weighted by atomic mass is 14.9. The molecule has 0 fully saturated rings. The Kier molecular flexibility index (Phi) is 2.27. The van der Waals surface area contributed by atoms with E-state index in [1.54, 1.807) is 0 Å². The highest BCUT2D eigenvalue weighted by molar-refractivity contribution is 5.74. The third-order valence-corrected chi connectivity index (χ3v) is 3.07. The van der Waals surface area contributed by atoms with Gasteiger partial charge in [0.25, 0.3) is 0 Å². The number of nitrogens with zero attached hydrogens (tertiary/aromatic N) is 2. The van der Waals surface area contributed by atoms with Gasteiger partial charge in [0.2, 0.25) is 0 Å². The van der Waals surface area contributed by atoms with E-state index in [4.69, 9.17) is 5.26 Å². The Morgan fingerprint density at radius 2 is 2.00 bits per heavy atom. The maximum absolute atomic E-state index is 8.78. The quantitative estimate of drug-likeness (QED) is 0.805. The van der Waals surface area contributed by atoms with Crippen molar-refractivity contribution < 1.29 is 0 Å². The Morgan fingerprint density at radius 3 is 2.76 bits per heavy atom. The molecule has 1 aliphatic heterocycles. The van der Waals surface area contributed by atoms with E-state index < -0.39 is 0 Å². The van der Waals surface area contributed by atoms with Crippen molar-refractivity contribution in [3.8, 4) is 17.2 Å². The molecule has 2 aromatic rings. The number of aromatic nitrogens is 1. The summed E-state index contributed by atoms with van der Waals surface area (Å²) in [6.07, 6.45) is 4.80. The molecule has 1 aromatic carbocycles. The summed E-state index contributed by atoms with van der Waals surface area (Å²) in [4.78, 5) is 4.25. The predicted octanol–water partition coefficient (Wildman–Crippen LogP) is 2.59. The smallest absolute Gasteiger partial charge is 0.0991 e. The molecule has 0 aliphatic carbocycles. The molecule has 1 N–H and O–H groups in total. The van der Waals surface area contributed by atoms with E-state index in [-0.39, 0.29) is 0 Å². The second-order valence-corrected chi connectivity index (χ2v) is 4.08. The molecule has 0 spiro atoms. The average molecular weight is 221 g/mol. The van der Waals surface area contributed by atoms with Gasteiger partial charge in [0, 0.05) is 18.3 Å². The second-order valence-electron chi connectivity index (χ2n) is 4.08. The van der Waals surface area contributed by atoms with Crippen molar-refractivity contribution in [2.45, 2.75) is 6.42 Å². The van der Waals surface area contributed by atoms with Crippen LogP contribution in [0.15, 0.2) is 36.7 Å². The lowest BCUT2D eigenvalue weighted by molar-refractivity contribution is 1.11. The van der Waals surface area contributed by atoms with Crippen molar-refractivity contribution in [3.63, 3.8) is 0 Å². The molecule has 1 aromatic heterocycles. The van der Waals surface area contributed by atoms with Crippen molar-refractivity contribution in [1.29, 1.82) is 5.26 Å². The van der Waals surface area contributed by atoms with Crippen LogP contribution in [0.3, 0.4) is 0 Å². The predicted molar refractivity (Wildman–Crippen MR) is 66.6 cm³/mol. The first-order valence-electron chi connectivity index (χ1n) is 5.60. The van der Waals surface area contributed by atoms with Gasteiger partial charge in [-0.2, -0.15) is 5.26 Å². The molecule has 0 bridgehead atoms. The average Bonchev–Trinajstić information content (AvgIpc) is 2.87. The molecule has 3 rings (SSSR count).